The van der Waals surface area contributed by atoms with Crippen LogP contribution in [0.15, 0.2) is 18.3 Å². The summed E-state index contributed by atoms with van der Waals surface area (Å²) < 4.78 is 0. The van der Waals surface area contributed by atoms with Gasteiger partial charge in [-0.25, -0.2) is 4.98 Å². The summed E-state index contributed by atoms with van der Waals surface area (Å²) in [5, 5.41) is 0.705. The first-order valence-corrected chi connectivity index (χ1v) is 6.93. The first kappa shape index (κ1) is 12.7. The van der Waals surface area contributed by atoms with Gasteiger partial charge in [0.25, 0.3) is 0 Å². The van der Waals surface area contributed by atoms with Crippen LogP contribution in [0.25, 0.3) is 0 Å². The minimum Gasteiger partial charge on any atom is -0.357 e. The largest absolute Gasteiger partial charge is 0.357 e. The van der Waals surface area contributed by atoms with Crippen LogP contribution in [0.1, 0.15) is 39.0 Å². The average Bonchev–Trinajstić information content (AvgIpc) is 2.39. The van der Waals surface area contributed by atoms with E-state index in [9.17, 15) is 0 Å². The first-order chi connectivity index (χ1) is 8.20. The van der Waals surface area contributed by atoms with Gasteiger partial charge in [0.2, 0.25) is 0 Å². The third kappa shape index (κ3) is 3.12. The van der Waals surface area contributed by atoms with E-state index in [-0.39, 0.29) is 0 Å². The summed E-state index contributed by atoms with van der Waals surface area (Å²) in [6, 6.07) is 4.57. The molecule has 0 amide bonds. The summed E-state index contributed by atoms with van der Waals surface area (Å²) >= 11 is 5.86. The van der Waals surface area contributed by atoms with Crippen molar-refractivity contribution in [2.24, 2.45) is 5.92 Å². The number of nitrogens with zero attached hydrogens (tertiary/aromatic N) is 2. The van der Waals surface area contributed by atoms with E-state index in [2.05, 4.69) is 23.9 Å². The van der Waals surface area contributed by atoms with Gasteiger partial charge in [-0.3, -0.25) is 0 Å². The summed E-state index contributed by atoms with van der Waals surface area (Å²) in [5.74, 6) is 1.98. The minimum absolute atomic E-state index is 0.645. The van der Waals surface area contributed by atoms with Crippen LogP contribution >= 0.6 is 11.6 Å². The van der Waals surface area contributed by atoms with Gasteiger partial charge in [0.1, 0.15) is 5.82 Å². The van der Waals surface area contributed by atoms with Crippen molar-refractivity contribution in [3.05, 3.63) is 23.4 Å². The maximum atomic E-state index is 5.86. The summed E-state index contributed by atoms with van der Waals surface area (Å²) in [4.78, 5) is 6.69. The van der Waals surface area contributed by atoms with Crippen molar-refractivity contribution in [2.75, 3.05) is 11.9 Å². The molecule has 2 nitrogen and oxygen atoms in total. The zero-order valence-electron chi connectivity index (χ0n) is 10.7. The standard InChI is InChI=1S/C14H21ClN2/c1-3-11-4-7-13(8-5-11)17(2)14-9-6-12(15)10-16-14/h6,9-11,13H,3-5,7-8H2,1-2H3. The fourth-order valence-electron chi connectivity index (χ4n) is 2.70. The highest BCUT2D eigenvalue weighted by atomic mass is 35.5. The molecule has 0 saturated heterocycles. The van der Waals surface area contributed by atoms with Gasteiger partial charge in [0.15, 0.2) is 0 Å². The van der Waals surface area contributed by atoms with E-state index >= 15 is 0 Å². The Hall–Kier alpha value is -0.760. The van der Waals surface area contributed by atoms with Crippen molar-refractivity contribution in [2.45, 2.75) is 45.1 Å². The molecule has 1 aliphatic rings. The van der Waals surface area contributed by atoms with Gasteiger partial charge >= 0.3 is 0 Å². The molecule has 1 aromatic heterocycles. The molecule has 0 spiro atoms. The number of hydrogen-bond donors (Lipinski definition) is 0. The highest BCUT2D eigenvalue weighted by Gasteiger charge is 2.23. The second-order valence-electron chi connectivity index (χ2n) is 5.03. The smallest absolute Gasteiger partial charge is 0.128 e. The Morgan fingerprint density at radius 3 is 2.53 bits per heavy atom. The molecule has 0 N–H and O–H groups in total. The van der Waals surface area contributed by atoms with Crippen molar-refractivity contribution >= 4 is 17.4 Å². The van der Waals surface area contributed by atoms with E-state index in [4.69, 9.17) is 11.6 Å². The Labute approximate surface area is 109 Å². The summed E-state index contributed by atoms with van der Waals surface area (Å²) in [6.45, 7) is 2.30. The molecule has 1 heterocycles. The monoisotopic (exact) mass is 252 g/mol. The Morgan fingerprint density at radius 2 is 2.00 bits per heavy atom. The van der Waals surface area contributed by atoms with Gasteiger partial charge < -0.3 is 4.90 Å². The second-order valence-corrected chi connectivity index (χ2v) is 5.46. The van der Waals surface area contributed by atoms with E-state index in [1.807, 2.05) is 12.1 Å². The molecule has 3 heteroatoms. The molecule has 1 fully saturated rings. The SMILES string of the molecule is CCC1CCC(N(C)c2ccc(Cl)cn2)CC1. The first-order valence-electron chi connectivity index (χ1n) is 6.55. The maximum absolute atomic E-state index is 5.86. The molecule has 94 valence electrons. The molecule has 0 aliphatic heterocycles. The van der Waals surface area contributed by atoms with Gasteiger partial charge in [0.05, 0.1) is 5.02 Å². The Bertz CT molecular complexity index is 342. The summed E-state index contributed by atoms with van der Waals surface area (Å²) in [5.41, 5.74) is 0. The molecule has 0 unspecified atom stereocenters. The summed E-state index contributed by atoms with van der Waals surface area (Å²) in [7, 11) is 2.15. The van der Waals surface area contributed by atoms with E-state index in [1.165, 1.54) is 32.1 Å². The van der Waals surface area contributed by atoms with Crippen molar-refractivity contribution in [1.29, 1.82) is 0 Å². The number of aromatic nitrogens is 1. The van der Waals surface area contributed by atoms with E-state index < -0.39 is 0 Å². The van der Waals surface area contributed by atoms with Crippen LogP contribution in [0.4, 0.5) is 5.82 Å². The predicted octanol–water partition coefficient (Wildman–Crippen LogP) is 4.14. The fraction of sp³-hybridized carbons (Fsp3) is 0.643. The highest BCUT2D eigenvalue weighted by Crippen LogP contribution is 2.30. The van der Waals surface area contributed by atoms with Crippen molar-refractivity contribution < 1.29 is 0 Å². The third-order valence-corrected chi connectivity index (χ3v) is 4.24. The number of hydrogen-bond acceptors (Lipinski definition) is 2. The van der Waals surface area contributed by atoms with Gasteiger partial charge in [-0.2, -0.15) is 0 Å². The lowest BCUT2D eigenvalue weighted by atomic mass is 9.84. The lowest BCUT2D eigenvalue weighted by molar-refractivity contribution is 0.313. The van der Waals surface area contributed by atoms with Crippen LogP contribution in [0.3, 0.4) is 0 Å². The van der Waals surface area contributed by atoms with Crippen molar-refractivity contribution in [1.82, 2.24) is 4.98 Å². The Kier molecular flexibility index (Phi) is 4.27. The van der Waals surface area contributed by atoms with Crippen LogP contribution in [0.2, 0.25) is 5.02 Å². The molecular formula is C14H21ClN2. The van der Waals surface area contributed by atoms with Gasteiger partial charge in [0, 0.05) is 19.3 Å². The van der Waals surface area contributed by atoms with Crippen LogP contribution < -0.4 is 4.90 Å². The van der Waals surface area contributed by atoms with Gasteiger partial charge in [-0.1, -0.05) is 24.9 Å². The topological polar surface area (TPSA) is 16.1 Å². The lowest BCUT2D eigenvalue weighted by Crippen LogP contribution is -2.35. The summed E-state index contributed by atoms with van der Waals surface area (Å²) in [6.07, 6.45) is 8.36. The zero-order valence-corrected chi connectivity index (χ0v) is 11.5. The van der Waals surface area contributed by atoms with Crippen LogP contribution in [-0.2, 0) is 0 Å². The molecule has 0 radical (unpaired) electrons. The van der Waals surface area contributed by atoms with Gasteiger partial charge in [-0.05, 0) is 43.7 Å². The molecule has 2 rings (SSSR count). The molecule has 0 aromatic carbocycles. The number of rotatable bonds is 3. The highest BCUT2D eigenvalue weighted by molar-refractivity contribution is 6.30. The fourth-order valence-corrected chi connectivity index (χ4v) is 2.82. The van der Waals surface area contributed by atoms with Crippen LogP contribution in [0, 0.1) is 5.92 Å². The molecular weight excluding hydrogens is 232 g/mol. The molecule has 0 bridgehead atoms. The van der Waals surface area contributed by atoms with Crippen LogP contribution in [-0.4, -0.2) is 18.1 Å². The molecule has 0 atom stereocenters. The van der Waals surface area contributed by atoms with E-state index in [0.29, 0.717) is 11.1 Å². The Balaban J connectivity index is 1.96. The van der Waals surface area contributed by atoms with E-state index in [0.717, 1.165) is 11.7 Å². The quantitative estimate of drug-likeness (QED) is 0.804. The van der Waals surface area contributed by atoms with Gasteiger partial charge in [-0.15, -0.1) is 0 Å². The van der Waals surface area contributed by atoms with Crippen molar-refractivity contribution in [3.8, 4) is 0 Å². The molecule has 1 aromatic rings. The number of halogens is 1. The zero-order chi connectivity index (χ0) is 12.3. The molecule has 1 aliphatic carbocycles. The number of pyridine rings is 1. The number of anilines is 1. The minimum atomic E-state index is 0.645. The lowest BCUT2D eigenvalue weighted by Gasteiger charge is -2.35. The second kappa shape index (κ2) is 5.72. The molecule has 1 saturated carbocycles. The third-order valence-electron chi connectivity index (χ3n) is 4.01. The normalized spacial score (nSPS) is 24.6. The van der Waals surface area contributed by atoms with E-state index in [1.54, 1.807) is 6.20 Å². The molecule has 17 heavy (non-hydrogen) atoms. The Morgan fingerprint density at radius 1 is 1.29 bits per heavy atom. The van der Waals surface area contributed by atoms with Crippen LogP contribution in [0.5, 0.6) is 0 Å². The average molecular weight is 253 g/mol. The maximum Gasteiger partial charge on any atom is 0.128 e. The van der Waals surface area contributed by atoms with Crippen molar-refractivity contribution in [3.63, 3.8) is 0 Å². The predicted molar refractivity (Wildman–Crippen MR) is 73.7 cm³/mol.